The third-order valence-corrected chi connectivity index (χ3v) is 4.74. The van der Waals surface area contributed by atoms with Crippen LogP contribution in [0.2, 0.25) is 0 Å². The van der Waals surface area contributed by atoms with Gasteiger partial charge in [0, 0.05) is 12.8 Å². The van der Waals surface area contributed by atoms with E-state index in [9.17, 15) is 28.8 Å². The molecule has 0 aromatic heterocycles. The number of nitrogens with one attached hydrogen (secondary N) is 2. The minimum absolute atomic E-state index is 0.0629. The van der Waals surface area contributed by atoms with Gasteiger partial charge < -0.3 is 31.1 Å². The maximum Gasteiger partial charge on any atom is 0.356 e. The SMILES string of the molecule is CCCCC(N)C(=O)NC(=O)C(Cc1ccc(OC(C(=O)O)C(=O)O)cc1)NC(=O)CCC(=O)O. The lowest BCUT2D eigenvalue weighted by molar-refractivity contribution is -0.159. The van der Waals surface area contributed by atoms with Gasteiger partial charge in [0.25, 0.3) is 6.10 Å². The van der Waals surface area contributed by atoms with Gasteiger partial charge in [-0.05, 0) is 24.1 Å². The van der Waals surface area contributed by atoms with E-state index >= 15 is 0 Å². The number of hydrogen-bond donors (Lipinski definition) is 6. The number of benzene rings is 1. The first-order valence-corrected chi connectivity index (χ1v) is 10.8. The van der Waals surface area contributed by atoms with Crippen molar-refractivity contribution >= 4 is 35.6 Å². The summed E-state index contributed by atoms with van der Waals surface area (Å²) in [7, 11) is 0. The van der Waals surface area contributed by atoms with E-state index in [1.54, 1.807) is 0 Å². The molecule has 0 fully saturated rings. The van der Waals surface area contributed by atoms with Crippen molar-refractivity contribution in [2.45, 2.75) is 63.6 Å². The van der Waals surface area contributed by atoms with Gasteiger partial charge in [-0.1, -0.05) is 31.9 Å². The van der Waals surface area contributed by atoms with E-state index in [4.69, 9.17) is 25.8 Å². The Kier molecular flexibility index (Phi) is 11.9. The smallest absolute Gasteiger partial charge is 0.356 e. The fourth-order valence-electron chi connectivity index (χ4n) is 2.83. The van der Waals surface area contributed by atoms with Gasteiger partial charge in [-0.15, -0.1) is 0 Å². The fourth-order valence-corrected chi connectivity index (χ4v) is 2.83. The Labute approximate surface area is 200 Å². The van der Waals surface area contributed by atoms with E-state index in [1.807, 2.05) is 6.92 Å². The number of carboxylic acids is 3. The molecule has 0 heterocycles. The van der Waals surface area contributed by atoms with Gasteiger partial charge in [0.15, 0.2) is 0 Å². The first-order chi connectivity index (χ1) is 16.4. The molecule has 0 aliphatic carbocycles. The normalized spacial score (nSPS) is 12.3. The van der Waals surface area contributed by atoms with Crippen molar-refractivity contribution in [2.24, 2.45) is 5.73 Å². The number of aliphatic carboxylic acids is 3. The number of amides is 3. The highest BCUT2D eigenvalue weighted by atomic mass is 16.5. The second-order valence-corrected chi connectivity index (χ2v) is 7.64. The van der Waals surface area contributed by atoms with Crippen molar-refractivity contribution in [3.8, 4) is 5.75 Å². The number of hydrogen-bond acceptors (Lipinski definition) is 8. The molecule has 1 aromatic carbocycles. The van der Waals surface area contributed by atoms with Crippen LogP contribution >= 0.6 is 0 Å². The standard InChI is InChI=1S/C22H29N3O10/c1-2-3-4-14(23)19(29)25-20(30)15(24-16(26)9-10-17(27)28)11-12-5-7-13(8-6-12)35-18(21(31)32)22(33)34/h5-8,14-15,18H,2-4,9-11,23H2,1H3,(H,24,26)(H,27,28)(H,31,32)(H,33,34)(H,25,29,30). The van der Waals surface area contributed by atoms with E-state index in [2.05, 4.69) is 10.6 Å². The summed E-state index contributed by atoms with van der Waals surface area (Å²) >= 11 is 0. The first-order valence-electron chi connectivity index (χ1n) is 10.8. The number of imide groups is 1. The summed E-state index contributed by atoms with van der Waals surface area (Å²) in [5.74, 6) is -6.93. The van der Waals surface area contributed by atoms with E-state index in [0.29, 0.717) is 18.4 Å². The van der Waals surface area contributed by atoms with Crippen molar-refractivity contribution < 1.29 is 48.8 Å². The van der Waals surface area contributed by atoms with Crippen LogP contribution in [0.3, 0.4) is 0 Å². The van der Waals surface area contributed by atoms with Crippen LogP contribution in [0.5, 0.6) is 5.75 Å². The average molecular weight is 495 g/mol. The van der Waals surface area contributed by atoms with Gasteiger partial charge in [0.05, 0.1) is 12.5 Å². The Morgan fingerprint density at radius 3 is 2.06 bits per heavy atom. The number of carbonyl (C=O) groups is 6. The molecule has 0 saturated heterocycles. The highest BCUT2D eigenvalue weighted by Gasteiger charge is 2.28. The topological polar surface area (TPSA) is 222 Å². The van der Waals surface area contributed by atoms with Crippen LogP contribution in [0.4, 0.5) is 0 Å². The van der Waals surface area contributed by atoms with Crippen molar-refractivity contribution in [1.29, 1.82) is 0 Å². The molecule has 13 nitrogen and oxygen atoms in total. The van der Waals surface area contributed by atoms with E-state index < -0.39 is 60.2 Å². The second-order valence-electron chi connectivity index (χ2n) is 7.64. The predicted octanol–water partition coefficient (Wildman–Crippen LogP) is -0.344. The molecule has 0 saturated carbocycles. The monoisotopic (exact) mass is 495 g/mol. The number of unbranched alkanes of at least 4 members (excludes halogenated alkanes) is 1. The number of ether oxygens (including phenoxy) is 1. The lowest BCUT2D eigenvalue weighted by atomic mass is 10.0. The minimum Gasteiger partial charge on any atom is -0.481 e. The van der Waals surface area contributed by atoms with Crippen LogP contribution in [0.1, 0.15) is 44.6 Å². The summed E-state index contributed by atoms with van der Waals surface area (Å²) in [5, 5.41) is 31.1. The molecule has 1 aromatic rings. The Morgan fingerprint density at radius 1 is 0.943 bits per heavy atom. The molecule has 0 radical (unpaired) electrons. The maximum atomic E-state index is 12.7. The van der Waals surface area contributed by atoms with Crippen LogP contribution in [-0.2, 0) is 35.2 Å². The summed E-state index contributed by atoms with van der Waals surface area (Å²) in [6, 6.07) is 3.21. The van der Waals surface area contributed by atoms with Gasteiger partial charge >= 0.3 is 17.9 Å². The minimum atomic E-state index is -2.11. The molecule has 3 amide bonds. The Morgan fingerprint density at radius 2 is 1.54 bits per heavy atom. The Balaban J connectivity index is 2.96. The molecule has 0 spiro atoms. The molecule has 2 atom stereocenters. The molecule has 2 unspecified atom stereocenters. The molecule has 35 heavy (non-hydrogen) atoms. The van der Waals surface area contributed by atoms with E-state index in [1.165, 1.54) is 24.3 Å². The quantitative estimate of drug-likeness (QED) is 0.173. The highest BCUT2D eigenvalue weighted by Crippen LogP contribution is 2.16. The molecule has 0 bridgehead atoms. The summed E-state index contributed by atoms with van der Waals surface area (Å²) < 4.78 is 4.91. The predicted molar refractivity (Wildman–Crippen MR) is 119 cm³/mol. The zero-order valence-corrected chi connectivity index (χ0v) is 19.1. The summed E-state index contributed by atoms with van der Waals surface area (Å²) in [4.78, 5) is 69.7. The Bertz CT molecular complexity index is 918. The summed E-state index contributed by atoms with van der Waals surface area (Å²) in [5.41, 5.74) is 6.22. The molecule has 7 N–H and O–H groups in total. The lowest BCUT2D eigenvalue weighted by Gasteiger charge is -2.20. The van der Waals surface area contributed by atoms with Gasteiger partial charge in [-0.25, -0.2) is 9.59 Å². The maximum absolute atomic E-state index is 12.7. The van der Waals surface area contributed by atoms with Crippen molar-refractivity contribution in [3.63, 3.8) is 0 Å². The third kappa shape index (κ3) is 10.6. The molecule has 0 aliphatic heterocycles. The molecule has 1 rings (SSSR count). The van der Waals surface area contributed by atoms with E-state index in [0.717, 1.165) is 6.42 Å². The number of nitrogens with two attached hydrogens (primary N) is 1. The fraction of sp³-hybridized carbons (Fsp3) is 0.455. The highest BCUT2D eigenvalue weighted by molar-refractivity contribution is 6.01. The van der Waals surface area contributed by atoms with E-state index in [-0.39, 0.29) is 18.6 Å². The molecule has 192 valence electrons. The zero-order chi connectivity index (χ0) is 26.5. The molecular formula is C22H29N3O10. The van der Waals surface area contributed by atoms with Crippen molar-refractivity contribution in [2.75, 3.05) is 0 Å². The molecular weight excluding hydrogens is 466 g/mol. The van der Waals surface area contributed by atoms with Crippen molar-refractivity contribution in [3.05, 3.63) is 29.8 Å². The van der Waals surface area contributed by atoms with Gasteiger partial charge in [0.2, 0.25) is 17.7 Å². The largest absolute Gasteiger partial charge is 0.481 e. The lowest BCUT2D eigenvalue weighted by Crippen LogP contribution is -2.52. The third-order valence-electron chi connectivity index (χ3n) is 4.74. The molecule has 13 heteroatoms. The number of rotatable bonds is 15. The number of carboxylic acid groups (broad SMARTS) is 3. The van der Waals surface area contributed by atoms with Crippen molar-refractivity contribution in [1.82, 2.24) is 10.6 Å². The number of carbonyl (C=O) groups excluding carboxylic acids is 3. The van der Waals surface area contributed by atoms with Crippen LogP contribution in [0.15, 0.2) is 24.3 Å². The van der Waals surface area contributed by atoms with Gasteiger partial charge in [0.1, 0.15) is 11.8 Å². The summed E-state index contributed by atoms with van der Waals surface area (Å²) in [6.45, 7) is 1.91. The van der Waals surface area contributed by atoms with Crippen LogP contribution in [-0.4, -0.2) is 69.1 Å². The first kappa shape index (κ1) is 29.0. The van der Waals surface area contributed by atoms with Crippen LogP contribution in [0, 0.1) is 0 Å². The van der Waals surface area contributed by atoms with Gasteiger partial charge in [-0.3, -0.25) is 24.5 Å². The van der Waals surface area contributed by atoms with Crippen LogP contribution in [0.25, 0.3) is 0 Å². The zero-order valence-electron chi connectivity index (χ0n) is 19.1. The molecule has 0 aliphatic rings. The second kappa shape index (κ2) is 14.3. The Hall–Kier alpha value is -4.00. The van der Waals surface area contributed by atoms with Crippen LogP contribution < -0.4 is 21.1 Å². The van der Waals surface area contributed by atoms with Gasteiger partial charge in [-0.2, -0.15) is 0 Å². The summed E-state index contributed by atoms with van der Waals surface area (Å²) in [6.07, 6.45) is -1.24. The average Bonchev–Trinajstić information content (AvgIpc) is 2.79.